The molecule has 1 aliphatic rings. The van der Waals surface area contributed by atoms with E-state index in [1.165, 1.54) is 4.90 Å². The van der Waals surface area contributed by atoms with E-state index in [1.54, 1.807) is 7.05 Å². The van der Waals surface area contributed by atoms with Crippen molar-refractivity contribution in [2.75, 3.05) is 20.1 Å². The van der Waals surface area contributed by atoms with Crippen molar-refractivity contribution >= 4 is 17.8 Å². The number of carbonyl (C=O) groups excluding carboxylic acids is 2. The van der Waals surface area contributed by atoms with Gasteiger partial charge in [-0.25, -0.2) is 0 Å². The van der Waals surface area contributed by atoms with Crippen LogP contribution in [0.1, 0.15) is 19.3 Å². The third-order valence-electron chi connectivity index (χ3n) is 3.06. The number of rotatable bonds is 4. The highest BCUT2D eigenvalue weighted by Gasteiger charge is 2.30. The highest BCUT2D eigenvalue weighted by molar-refractivity contribution is 5.87. The number of piperidine rings is 1. The fourth-order valence-corrected chi connectivity index (χ4v) is 2.11. The lowest BCUT2D eigenvalue weighted by Gasteiger charge is -2.33. The molecule has 102 valence electrons. The number of nitrogens with one attached hydrogen (secondary N) is 1. The van der Waals surface area contributed by atoms with E-state index in [0.29, 0.717) is 13.1 Å². The van der Waals surface area contributed by atoms with Crippen molar-refractivity contribution in [1.82, 2.24) is 10.2 Å². The third-order valence-corrected chi connectivity index (χ3v) is 3.06. The minimum absolute atomic E-state index is 0.0979. The quantitative estimate of drug-likeness (QED) is 0.584. The van der Waals surface area contributed by atoms with E-state index in [9.17, 15) is 14.4 Å². The van der Waals surface area contributed by atoms with Gasteiger partial charge in [-0.1, -0.05) is 0 Å². The van der Waals surface area contributed by atoms with Crippen LogP contribution < -0.4 is 11.1 Å². The van der Waals surface area contributed by atoms with Gasteiger partial charge in [-0.05, 0) is 12.8 Å². The number of nitrogens with two attached hydrogens (primary N) is 1. The van der Waals surface area contributed by atoms with Crippen molar-refractivity contribution in [3.05, 3.63) is 0 Å². The summed E-state index contributed by atoms with van der Waals surface area (Å²) in [5, 5.41) is 11.1. The summed E-state index contributed by atoms with van der Waals surface area (Å²) in [5.74, 6) is -1.83. The Morgan fingerprint density at radius 2 is 2.17 bits per heavy atom. The van der Waals surface area contributed by atoms with E-state index in [0.717, 1.165) is 12.8 Å². The van der Waals surface area contributed by atoms with Crippen LogP contribution in [0.4, 0.5) is 0 Å². The van der Waals surface area contributed by atoms with Crippen molar-refractivity contribution in [1.29, 1.82) is 0 Å². The number of carbonyl (C=O) groups is 3. The molecule has 1 saturated heterocycles. The van der Waals surface area contributed by atoms with E-state index >= 15 is 0 Å². The van der Waals surface area contributed by atoms with Crippen molar-refractivity contribution in [2.45, 2.75) is 25.3 Å². The zero-order chi connectivity index (χ0) is 13.7. The van der Waals surface area contributed by atoms with Gasteiger partial charge in [0.1, 0.15) is 0 Å². The number of likely N-dealkylation sites (tertiary alicyclic amines) is 1. The number of aliphatic carboxylic acids is 1. The molecule has 7 heteroatoms. The van der Waals surface area contributed by atoms with E-state index in [-0.39, 0.29) is 18.2 Å². The van der Waals surface area contributed by atoms with Gasteiger partial charge in [0, 0.05) is 20.1 Å². The normalized spacial score (nSPS) is 21.2. The maximum atomic E-state index is 11.9. The summed E-state index contributed by atoms with van der Waals surface area (Å²) < 4.78 is 0. The Balaban J connectivity index is 2.58. The molecule has 1 heterocycles. The van der Waals surface area contributed by atoms with Crippen LogP contribution in [0.5, 0.6) is 0 Å². The molecule has 1 rings (SSSR count). The highest BCUT2D eigenvalue weighted by Crippen LogP contribution is 2.17. The van der Waals surface area contributed by atoms with Gasteiger partial charge in [0.2, 0.25) is 11.8 Å². The number of carboxylic acid groups (broad SMARTS) is 1. The fourth-order valence-electron chi connectivity index (χ4n) is 2.11. The summed E-state index contributed by atoms with van der Waals surface area (Å²) in [6.45, 7) is 0.839. The number of amides is 2. The molecule has 0 saturated carbocycles. The largest absolute Gasteiger partial charge is 0.481 e. The number of carboxylic acids is 1. The first-order valence-corrected chi connectivity index (χ1v) is 5.93. The molecule has 1 aliphatic heterocycles. The predicted octanol–water partition coefficient (Wildman–Crippen LogP) is -1.23. The minimum Gasteiger partial charge on any atom is -0.481 e. The summed E-state index contributed by atoms with van der Waals surface area (Å²) in [4.78, 5) is 35.4. The third kappa shape index (κ3) is 3.69. The topological polar surface area (TPSA) is 113 Å². The van der Waals surface area contributed by atoms with Crippen LogP contribution in [0.25, 0.3) is 0 Å². The molecule has 2 atom stereocenters. The first-order chi connectivity index (χ1) is 8.45. The maximum absolute atomic E-state index is 11.9. The van der Waals surface area contributed by atoms with Gasteiger partial charge in [-0.15, -0.1) is 0 Å². The summed E-state index contributed by atoms with van der Waals surface area (Å²) in [6.07, 6.45) is 1.07. The van der Waals surface area contributed by atoms with Crippen LogP contribution in [0.2, 0.25) is 0 Å². The van der Waals surface area contributed by atoms with Gasteiger partial charge in [0.15, 0.2) is 0 Å². The van der Waals surface area contributed by atoms with Crippen molar-refractivity contribution < 1.29 is 19.5 Å². The van der Waals surface area contributed by atoms with Gasteiger partial charge >= 0.3 is 5.97 Å². The first-order valence-electron chi connectivity index (χ1n) is 5.93. The Labute approximate surface area is 105 Å². The SMILES string of the molecule is CNC(=O)C1CCCN(C(=O)C(N)CC(=O)O)C1. The van der Waals surface area contributed by atoms with E-state index in [4.69, 9.17) is 10.8 Å². The lowest BCUT2D eigenvalue weighted by Crippen LogP contribution is -2.50. The van der Waals surface area contributed by atoms with Crippen molar-refractivity contribution in [2.24, 2.45) is 11.7 Å². The summed E-state index contributed by atoms with van der Waals surface area (Å²) in [6, 6.07) is -1.04. The summed E-state index contributed by atoms with van der Waals surface area (Å²) in [7, 11) is 1.55. The predicted molar refractivity (Wildman–Crippen MR) is 63.6 cm³/mol. The fraction of sp³-hybridized carbons (Fsp3) is 0.727. The molecule has 0 bridgehead atoms. The first kappa shape index (κ1) is 14.4. The van der Waals surface area contributed by atoms with E-state index < -0.39 is 17.9 Å². The molecule has 0 spiro atoms. The zero-order valence-corrected chi connectivity index (χ0v) is 10.4. The van der Waals surface area contributed by atoms with Crippen molar-refractivity contribution in [3.63, 3.8) is 0 Å². The van der Waals surface area contributed by atoms with E-state index in [1.807, 2.05) is 0 Å². The molecule has 7 nitrogen and oxygen atoms in total. The molecule has 0 aromatic rings. The summed E-state index contributed by atoms with van der Waals surface area (Å²) in [5.41, 5.74) is 5.53. The molecule has 0 aromatic carbocycles. The molecule has 1 fully saturated rings. The molecule has 4 N–H and O–H groups in total. The Kier molecular flexibility index (Phi) is 5.08. The number of nitrogens with zero attached hydrogens (tertiary/aromatic N) is 1. The monoisotopic (exact) mass is 257 g/mol. The van der Waals surface area contributed by atoms with Gasteiger partial charge in [0.05, 0.1) is 18.4 Å². The van der Waals surface area contributed by atoms with Crippen LogP contribution in [-0.2, 0) is 14.4 Å². The van der Waals surface area contributed by atoms with Crippen LogP contribution >= 0.6 is 0 Å². The molecule has 0 radical (unpaired) electrons. The van der Waals surface area contributed by atoms with Crippen LogP contribution in [-0.4, -0.2) is 54.0 Å². The molecular weight excluding hydrogens is 238 g/mol. The van der Waals surface area contributed by atoms with Crippen LogP contribution in [0.3, 0.4) is 0 Å². The Bertz CT molecular complexity index is 345. The Morgan fingerprint density at radius 1 is 1.50 bits per heavy atom. The van der Waals surface area contributed by atoms with Gasteiger partial charge in [-0.3, -0.25) is 14.4 Å². The molecule has 2 amide bonds. The van der Waals surface area contributed by atoms with Gasteiger partial charge < -0.3 is 21.1 Å². The van der Waals surface area contributed by atoms with Crippen LogP contribution in [0.15, 0.2) is 0 Å². The minimum atomic E-state index is -1.10. The molecule has 0 aromatic heterocycles. The van der Waals surface area contributed by atoms with Crippen LogP contribution in [0, 0.1) is 5.92 Å². The second kappa shape index (κ2) is 6.34. The average molecular weight is 257 g/mol. The standard InChI is InChI=1S/C11H19N3O4/c1-13-10(17)7-3-2-4-14(6-7)11(18)8(12)5-9(15)16/h7-8H,2-6,12H2,1H3,(H,13,17)(H,15,16). The maximum Gasteiger partial charge on any atom is 0.305 e. The number of hydrogen-bond donors (Lipinski definition) is 3. The lowest BCUT2D eigenvalue weighted by atomic mass is 9.96. The lowest BCUT2D eigenvalue weighted by molar-refractivity contribution is -0.143. The van der Waals surface area contributed by atoms with Gasteiger partial charge in [-0.2, -0.15) is 0 Å². The Hall–Kier alpha value is -1.63. The number of hydrogen-bond acceptors (Lipinski definition) is 4. The zero-order valence-electron chi connectivity index (χ0n) is 10.4. The smallest absolute Gasteiger partial charge is 0.305 e. The van der Waals surface area contributed by atoms with Gasteiger partial charge in [0.25, 0.3) is 0 Å². The molecule has 0 aliphatic carbocycles. The second-order valence-corrected chi connectivity index (χ2v) is 4.44. The highest BCUT2D eigenvalue weighted by atomic mass is 16.4. The average Bonchev–Trinajstić information content (AvgIpc) is 2.36. The molecule has 18 heavy (non-hydrogen) atoms. The van der Waals surface area contributed by atoms with Crippen molar-refractivity contribution in [3.8, 4) is 0 Å². The summed E-state index contributed by atoms with van der Waals surface area (Å²) >= 11 is 0. The molecule has 2 unspecified atom stereocenters. The second-order valence-electron chi connectivity index (χ2n) is 4.44. The Morgan fingerprint density at radius 3 is 2.72 bits per heavy atom. The molecular formula is C11H19N3O4. The van der Waals surface area contributed by atoms with E-state index in [2.05, 4.69) is 5.32 Å².